The minimum atomic E-state index is -0.239. The molecule has 2 aromatic rings. The van der Waals surface area contributed by atoms with Crippen LogP contribution in [-0.2, 0) is 13.0 Å². The Morgan fingerprint density at radius 2 is 2.20 bits per heavy atom. The number of hydrogen-bond donors (Lipinski definition) is 1. The van der Waals surface area contributed by atoms with Gasteiger partial charge in [0.1, 0.15) is 23.2 Å². The van der Waals surface area contributed by atoms with E-state index < -0.39 is 0 Å². The number of aromatic nitrogens is 2. The van der Waals surface area contributed by atoms with E-state index in [0.717, 1.165) is 18.7 Å². The van der Waals surface area contributed by atoms with Crippen molar-refractivity contribution in [2.45, 2.75) is 33.2 Å². The largest absolute Gasteiger partial charge is 0.383 e. The van der Waals surface area contributed by atoms with Gasteiger partial charge in [0.05, 0.1) is 0 Å². The number of hydrogen-bond acceptors (Lipinski definition) is 2. The summed E-state index contributed by atoms with van der Waals surface area (Å²) in [4.78, 5) is 4.58. The van der Waals surface area contributed by atoms with E-state index >= 15 is 0 Å². The lowest BCUT2D eigenvalue weighted by molar-refractivity contribution is 0.619. The zero-order chi connectivity index (χ0) is 14.7. The van der Waals surface area contributed by atoms with Crippen LogP contribution >= 0.6 is 0 Å². The number of benzene rings is 1. The fourth-order valence-electron chi connectivity index (χ4n) is 2.21. The van der Waals surface area contributed by atoms with E-state index in [1.807, 2.05) is 10.6 Å². The van der Waals surface area contributed by atoms with Crippen LogP contribution < -0.4 is 5.73 Å². The molecular formula is C16H20FN3. The number of imidazole rings is 1. The average molecular weight is 273 g/mol. The van der Waals surface area contributed by atoms with E-state index in [4.69, 9.17) is 5.73 Å². The molecular weight excluding hydrogens is 253 g/mol. The summed E-state index contributed by atoms with van der Waals surface area (Å²) in [5, 5.41) is 0. The highest BCUT2D eigenvalue weighted by atomic mass is 19.1. The molecule has 0 saturated carbocycles. The van der Waals surface area contributed by atoms with Gasteiger partial charge in [-0.15, -0.1) is 6.58 Å². The van der Waals surface area contributed by atoms with Crippen LogP contribution in [0.3, 0.4) is 0 Å². The predicted octanol–water partition coefficient (Wildman–Crippen LogP) is 3.72. The normalized spacial score (nSPS) is 10.8. The van der Waals surface area contributed by atoms with Crippen LogP contribution in [-0.4, -0.2) is 9.55 Å². The Morgan fingerprint density at radius 3 is 2.80 bits per heavy atom. The third-order valence-electron chi connectivity index (χ3n) is 3.32. The number of allylic oxidation sites excluding steroid dienone is 1. The molecule has 1 aromatic heterocycles. The Morgan fingerprint density at radius 1 is 1.45 bits per heavy atom. The minimum absolute atomic E-state index is 0.239. The van der Waals surface area contributed by atoms with Gasteiger partial charge in [0, 0.05) is 18.5 Å². The first-order chi connectivity index (χ1) is 9.58. The molecule has 20 heavy (non-hydrogen) atoms. The van der Waals surface area contributed by atoms with E-state index in [9.17, 15) is 4.39 Å². The highest BCUT2D eigenvalue weighted by Gasteiger charge is 2.15. The lowest BCUT2D eigenvalue weighted by Crippen LogP contribution is -2.05. The lowest BCUT2D eigenvalue weighted by atomic mass is 10.1. The minimum Gasteiger partial charge on any atom is -0.383 e. The summed E-state index contributed by atoms with van der Waals surface area (Å²) >= 11 is 0. The number of nitrogen functional groups attached to an aromatic ring is 1. The van der Waals surface area contributed by atoms with Gasteiger partial charge in [0.2, 0.25) is 0 Å². The maximum Gasteiger partial charge on any atom is 0.132 e. The average Bonchev–Trinajstić information content (AvgIpc) is 2.72. The van der Waals surface area contributed by atoms with Crippen LogP contribution in [0.25, 0.3) is 11.3 Å². The van der Waals surface area contributed by atoms with Crippen LogP contribution in [0, 0.1) is 12.7 Å². The second kappa shape index (κ2) is 5.90. The third-order valence-corrected chi connectivity index (χ3v) is 3.32. The molecule has 2 rings (SSSR count). The van der Waals surface area contributed by atoms with Gasteiger partial charge in [0.25, 0.3) is 0 Å². The van der Waals surface area contributed by atoms with Crippen molar-refractivity contribution in [2.24, 2.45) is 0 Å². The molecule has 0 aliphatic carbocycles. The van der Waals surface area contributed by atoms with Gasteiger partial charge in [0.15, 0.2) is 0 Å². The molecule has 0 aliphatic heterocycles. The van der Waals surface area contributed by atoms with Crippen molar-refractivity contribution in [3.63, 3.8) is 0 Å². The second-order valence-electron chi connectivity index (χ2n) is 4.88. The molecule has 0 atom stereocenters. The number of aryl methyl sites for hydroxylation is 2. The van der Waals surface area contributed by atoms with Crippen LogP contribution in [0.5, 0.6) is 0 Å². The number of nitrogens with two attached hydrogens (primary N) is 1. The van der Waals surface area contributed by atoms with E-state index in [-0.39, 0.29) is 5.82 Å². The highest BCUT2D eigenvalue weighted by molar-refractivity contribution is 5.71. The Hall–Kier alpha value is -2.10. The molecule has 0 radical (unpaired) electrons. The van der Waals surface area contributed by atoms with Gasteiger partial charge in [-0.2, -0.15) is 0 Å². The number of anilines is 1. The number of halogens is 1. The first kappa shape index (κ1) is 14.3. The molecule has 1 aromatic carbocycles. The highest BCUT2D eigenvalue weighted by Crippen LogP contribution is 2.28. The fourth-order valence-corrected chi connectivity index (χ4v) is 2.21. The topological polar surface area (TPSA) is 43.8 Å². The first-order valence-electron chi connectivity index (χ1n) is 6.80. The van der Waals surface area contributed by atoms with Crippen LogP contribution in [0.2, 0.25) is 0 Å². The maximum absolute atomic E-state index is 13.7. The monoisotopic (exact) mass is 273 g/mol. The number of nitrogens with zero attached hydrogens (tertiary/aromatic N) is 2. The van der Waals surface area contributed by atoms with Gasteiger partial charge in [-0.1, -0.05) is 25.1 Å². The molecule has 3 nitrogen and oxygen atoms in total. The van der Waals surface area contributed by atoms with Crippen LogP contribution in [0.4, 0.5) is 10.2 Å². The summed E-state index contributed by atoms with van der Waals surface area (Å²) in [6.07, 6.45) is 3.61. The van der Waals surface area contributed by atoms with Crippen molar-refractivity contribution in [3.05, 3.63) is 48.1 Å². The Balaban J connectivity index is 2.53. The Kier molecular flexibility index (Phi) is 4.23. The standard InChI is InChI=1S/C16H20FN3/c1-4-6-14-19-15(16(18)20(14)9-5-2)12-8-7-11(3)13(17)10-12/h5,7-8,10H,2,4,6,9,18H2,1,3H3. The zero-order valence-corrected chi connectivity index (χ0v) is 12.0. The first-order valence-corrected chi connectivity index (χ1v) is 6.80. The van der Waals surface area contributed by atoms with Crippen LogP contribution in [0.15, 0.2) is 30.9 Å². The van der Waals surface area contributed by atoms with Crippen molar-refractivity contribution < 1.29 is 4.39 Å². The third kappa shape index (κ3) is 2.59. The van der Waals surface area contributed by atoms with Gasteiger partial charge in [-0.25, -0.2) is 9.37 Å². The summed E-state index contributed by atoms with van der Waals surface area (Å²) in [5.41, 5.74) is 8.15. The summed E-state index contributed by atoms with van der Waals surface area (Å²) < 4.78 is 15.6. The van der Waals surface area contributed by atoms with Crippen molar-refractivity contribution in [3.8, 4) is 11.3 Å². The van der Waals surface area contributed by atoms with E-state index in [0.29, 0.717) is 29.2 Å². The molecule has 0 spiro atoms. The SMILES string of the molecule is C=CCn1c(CCC)nc(-c2ccc(C)c(F)c2)c1N. The van der Waals surface area contributed by atoms with Gasteiger partial charge in [-0.05, 0) is 25.0 Å². The molecule has 0 aliphatic rings. The summed E-state index contributed by atoms with van der Waals surface area (Å²) in [6.45, 7) is 8.18. The molecule has 0 saturated heterocycles. The molecule has 1 heterocycles. The van der Waals surface area contributed by atoms with Crippen LogP contribution in [0.1, 0.15) is 24.7 Å². The number of rotatable bonds is 5. The predicted molar refractivity (Wildman–Crippen MR) is 81.0 cm³/mol. The lowest BCUT2D eigenvalue weighted by Gasteiger charge is -2.06. The molecule has 2 N–H and O–H groups in total. The van der Waals surface area contributed by atoms with Crippen molar-refractivity contribution in [1.82, 2.24) is 9.55 Å². The van der Waals surface area contributed by atoms with E-state index in [1.165, 1.54) is 6.07 Å². The van der Waals surface area contributed by atoms with Crippen molar-refractivity contribution >= 4 is 5.82 Å². The molecule has 0 fully saturated rings. The maximum atomic E-state index is 13.7. The van der Waals surface area contributed by atoms with E-state index in [1.54, 1.807) is 19.1 Å². The molecule has 0 bridgehead atoms. The Bertz CT molecular complexity index is 629. The molecule has 0 amide bonds. The fraction of sp³-hybridized carbons (Fsp3) is 0.312. The van der Waals surface area contributed by atoms with Crippen molar-refractivity contribution in [1.29, 1.82) is 0 Å². The summed E-state index contributed by atoms with van der Waals surface area (Å²) in [7, 11) is 0. The second-order valence-corrected chi connectivity index (χ2v) is 4.88. The van der Waals surface area contributed by atoms with E-state index in [2.05, 4.69) is 18.5 Å². The zero-order valence-electron chi connectivity index (χ0n) is 12.0. The summed E-state index contributed by atoms with van der Waals surface area (Å²) in [5.74, 6) is 1.25. The molecule has 106 valence electrons. The van der Waals surface area contributed by atoms with Gasteiger partial charge >= 0.3 is 0 Å². The molecule has 4 heteroatoms. The van der Waals surface area contributed by atoms with Crippen molar-refractivity contribution in [2.75, 3.05) is 5.73 Å². The van der Waals surface area contributed by atoms with Gasteiger partial charge < -0.3 is 10.3 Å². The quantitative estimate of drug-likeness (QED) is 0.844. The summed E-state index contributed by atoms with van der Waals surface area (Å²) in [6, 6.07) is 5.09. The smallest absolute Gasteiger partial charge is 0.132 e. The Labute approximate surface area is 118 Å². The molecule has 0 unspecified atom stereocenters. The van der Waals surface area contributed by atoms with Gasteiger partial charge in [-0.3, -0.25) is 0 Å².